The number of aliphatic hydroxyl groups excluding tert-OH is 2. The van der Waals surface area contributed by atoms with Crippen LogP contribution in [-0.2, 0) is 14.3 Å². The number of carbonyl (C=O) groups is 1. The number of hydrogen-bond donors (Lipinski definition) is 2. The Kier molecular flexibility index (Phi) is 3.33. The molecule has 4 aliphatic carbocycles. The van der Waals surface area contributed by atoms with Gasteiger partial charge in [-0.3, -0.25) is 4.79 Å². The number of hydrogen-bond acceptors (Lipinski definition) is 5. The van der Waals surface area contributed by atoms with Gasteiger partial charge in [-0.15, -0.1) is 0 Å². The Balaban J connectivity index is 1.72. The second-order valence-corrected chi connectivity index (χ2v) is 9.94. The maximum absolute atomic E-state index is 13.4. The molecule has 2 spiro atoms. The van der Waals surface area contributed by atoms with Crippen LogP contribution in [0.4, 0.5) is 0 Å². The number of fused-ring (bicyclic) bond motifs is 2. The number of ketones is 1. The highest BCUT2D eigenvalue weighted by molar-refractivity contribution is 6.04. The van der Waals surface area contributed by atoms with Gasteiger partial charge in [0.25, 0.3) is 0 Å². The van der Waals surface area contributed by atoms with E-state index in [0.717, 1.165) is 19.3 Å². The maximum Gasteiger partial charge on any atom is 0.170 e. The Morgan fingerprint density at radius 3 is 2.62 bits per heavy atom. The fourth-order valence-electron chi connectivity index (χ4n) is 8.03. The number of rotatable bonds is 1. The molecule has 2 aliphatic heterocycles. The first-order valence-electron chi connectivity index (χ1n) is 10.0. The van der Waals surface area contributed by atoms with Crippen molar-refractivity contribution in [1.29, 1.82) is 0 Å². The average Bonchev–Trinajstić information content (AvgIpc) is 2.73. The molecule has 0 aromatic rings. The van der Waals surface area contributed by atoms with Gasteiger partial charge in [0.15, 0.2) is 12.1 Å². The minimum absolute atomic E-state index is 0.0267. The van der Waals surface area contributed by atoms with Gasteiger partial charge in [-0.05, 0) is 54.9 Å². The Morgan fingerprint density at radius 1 is 1.19 bits per heavy atom. The summed E-state index contributed by atoms with van der Waals surface area (Å²) >= 11 is 0. The first-order valence-corrected chi connectivity index (χ1v) is 10.0. The van der Waals surface area contributed by atoms with Gasteiger partial charge in [0.05, 0.1) is 23.7 Å². The zero-order valence-corrected chi connectivity index (χ0v) is 15.9. The molecule has 4 bridgehead atoms. The summed E-state index contributed by atoms with van der Waals surface area (Å²) in [5.74, 6) is 0.143. The van der Waals surface area contributed by atoms with Gasteiger partial charge < -0.3 is 19.7 Å². The topological polar surface area (TPSA) is 76.0 Å². The second kappa shape index (κ2) is 4.99. The molecule has 2 saturated heterocycles. The lowest BCUT2D eigenvalue weighted by Gasteiger charge is -2.72. The van der Waals surface area contributed by atoms with Gasteiger partial charge >= 0.3 is 0 Å². The Bertz CT molecular complexity index is 686. The first kappa shape index (κ1) is 17.4. The van der Waals surface area contributed by atoms with E-state index in [1.807, 2.05) is 0 Å². The van der Waals surface area contributed by atoms with Crippen molar-refractivity contribution in [2.24, 2.45) is 34.0 Å². The van der Waals surface area contributed by atoms with Crippen molar-refractivity contribution in [2.75, 3.05) is 7.11 Å². The van der Waals surface area contributed by atoms with Crippen molar-refractivity contribution in [2.45, 2.75) is 70.6 Å². The van der Waals surface area contributed by atoms with E-state index >= 15 is 0 Å². The van der Waals surface area contributed by atoms with Crippen molar-refractivity contribution in [3.8, 4) is 0 Å². The number of aliphatic hydroxyl groups is 2. The summed E-state index contributed by atoms with van der Waals surface area (Å²) in [5, 5.41) is 22.0. The van der Waals surface area contributed by atoms with Gasteiger partial charge in [-0.2, -0.15) is 0 Å². The van der Waals surface area contributed by atoms with Crippen LogP contribution in [0.1, 0.15) is 46.0 Å². The van der Waals surface area contributed by atoms with Crippen LogP contribution in [0.3, 0.4) is 0 Å². The van der Waals surface area contributed by atoms with Gasteiger partial charge in [0, 0.05) is 18.4 Å². The molecule has 4 saturated carbocycles. The molecule has 6 fully saturated rings. The van der Waals surface area contributed by atoms with Crippen molar-refractivity contribution in [1.82, 2.24) is 0 Å². The highest BCUT2D eigenvalue weighted by Gasteiger charge is 2.80. The van der Waals surface area contributed by atoms with E-state index < -0.39 is 11.5 Å². The summed E-state index contributed by atoms with van der Waals surface area (Å²) < 4.78 is 12.2. The molecule has 9 unspecified atom stereocenters. The monoisotopic (exact) mass is 362 g/mol. The lowest BCUT2D eigenvalue weighted by Crippen LogP contribution is -2.77. The van der Waals surface area contributed by atoms with E-state index in [1.54, 1.807) is 7.11 Å². The van der Waals surface area contributed by atoms with Crippen LogP contribution in [0.5, 0.6) is 0 Å². The lowest BCUT2D eigenvalue weighted by atomic mass is 9.37. The van der Waals surface area contributed by atoms with Crippen LogP contribution in [0.25, 0.3) is 0 Å². The third-order valence-corrected chi connectivity index (χ3v) is 9.17. The first-order chi connectivity index (χ1) is 12.2. The van der Waals surface area contributed by atoms with Gasteiger partial charge in [-0.1, -0.05) is 20.4 Å². The quantitative estimate of drug-likeness (QED) is 0.699. The summed E-state index contributed by atoms with van der Waals surface area (Å²) in [5.41, 5.74) is -0.866. The number of Topliss-reactive ketones (excluding diaryl/α,β-unsaturated/α-hetero) is 1. The molecule has 0 aromatic carbocycles. The Labute approximate surface area is 154 Å². The smallest absolute Gasteiger partial charge is 0.170 e. The normalized spacial score (nSPS) is 57.0. The summed E-state index contributed by atoms with van der Waals surface area (Å²) in [7, 11) is 1.68. The third-order valence-electron chi connectivity index (χ3n) is 9.17. The second-order valence-electron chi connectivity index (χ2n) is 9.94. The molecule has 0 radical (unpaired) electrons. The highest BCUT2D eigenvalue weighted by atomic mass is 16.7. The van der Waals surface area contributed by atoms with Crippen molar-refractivity contribution in [3.63, 3.8) is 0 Å². The number of methoxy groups -OCH3 is 1. The molecule has 5 nitrogen and oxygen atoms in total. The third kappa shape index (κ3) is 1.55. The predicted octanol–water partition coefficient (Wildman–Crippen LogP) is 2.06. The lowest BCUT2D eigenvalue weighted by molar-refractivity contribution is -0.392. The van der Waals surface area contributed by atoms with Gasteiger partial charge in [0.2, 0.25) is 0 Å². The van der Waals surface area contributed by atoms with Gasteiger partial charge in [-0.25, -0.2) is 0 Å². The molecule has 9 atom stereocenters. The molecular formula is C21H30O5. The fraction of sp³-hybridized carbons (Fsp3) is 0.857. The molecule has 6 aliphatic rings. The predicted molar refractivity (Wildman–Crippen MR) is 94.0 cm³/mol. The average molecular weight is 362 g/mol. The van der Waals surface area contributed by atoms with Crippen molar-refractivity contribution >= 4 is 5.78 Å². The summed E-state index contributed by atoms with van der Waals surface area (Å²) in [6, 6.07) is 0. The molecule has 2 heterocycles. The van der Waals surface area contributed by atoms with E-state index in [0.29, 0.717) is 18.4 Å². The van der Waals surface area contributed by atoms with Gasteiger partial charge in [0.1, 0.15) is 0 Å². The molecule has 0 aromatic heterocycles. The molecule has 26 heavy (non-hydrogen) atoms. The van der Waals surface area contributed by atoms with E-state index in [1.165, 1.54) is 0 Å². The Morgan fingerprint density at radius 2 is 1.92 bits per heavy atom. The maximum atomic E-state index is 13.4. The fourth-order valence-corrected chi connectivity index (χ4v) is 8.03. The molecular weight excluding hydrogens is 332 g/mol. The van der Waals surface area contributed by atoms with Crippen LogP contribution in [0, 0.1) is 34.0 Å². The van der Waals surface area contributed by atoms with Crippen LogP contribution in [0.15, 0.2) is 12.2 Å². The van der Waals surface area contributed by atoms with E-state index in [2.05, 4.69) is 20.4 Å². The molecule has 5 heteroatoms. The van der Waals surface area contributed by atoms with Crippen LogP contribution >= 0.6 is 0 Å². The Hall–Kier alpha value is -0.750. The highest BCUT2D eigenvalue weighted by Crippen LogP contribution is 2.75. The zero-order valence-electron chi connectivity index (χ0n) is 15.9. The van der Waals surface area contributed by atoms with Crippen LogP contribution in [0.2, 0.25) is 0 Å². The largest absolute Gasteiger partial charge is 0.393 e. The van der Waals surface area contributed by atoms with E-state index in [4.69, 9.17) is 9.47 Å². The van der Waals surface area contributed by atoms with Crippen molar-refractivity contribution < 1.29 is 24.5 Å². The number of carbonyl (C=O) groups excluding carboxylic acids is 1. The van der Waals surface area contributed by atoms with Crippen LogP contribution < -0.4 is 0 Å². The minimum Gasteiger partial charge on any atom is -0.393 e. The summed E-state index contributed by atoms with van der Waals surface area (Å²) in [6.07, 6.45) is 2.06. The van der Waals surface area contributed by atoms with Crippen LogP contribution in [-0.4, -0.2) is 47.7 Å². The summed E-state index contributed by atoms with van der Waals surface area (Å²) in [6.45, 7) is 8.32. The molecule has 144 valence electrons. The van der Waals surface area contributed by atoms with E-state index in [-0.39, 0.29) is 52.9 Å². The molecule has 2 N–H and O–H groups in total. The summed E-state index contributed by atoms with van der Waals surface area (Å²) in [4.78, 5) is 13.4. The SMILES string of the molecule is C=C1C(=O)C23C4CC5C(C)(C)C(O)CCC5(C(OC)O4)C2CCC1C3O. The molecule has 6 rings (SSSR count). The molecule has 0 amide bonds. The standard InChI is InChI=1S/C21H30O5/c1-10-11-5-6-12-20-8-7-14(22)19(2,3)13(20)9-15(26-18(20)25-4)21(12,16(10)23)17(11)24/h11-15,17-18,22,24H,1,5-9H2,2-4H3. The van der Waals surface area contributed by atoms with E-state index in [9.17, 15) is 15.0 Å². The minimum atomic E-state index is -0.857. The number of ether oxygens (including phenoxy) is 2. The zero-order chi connectivity index (χ0) is 18.6. The van der Waals surface area contributed by atoms with Crippen molar-refractivity contribution in [3.05, 3.63) is 12.2 Å².